The van der Waals surface area contributed by atoms with Gasteiger partial charge in [-0.05, 0) is 36.6 Å². The van der Waals surface area contributed by atoms with Gasteiger partial charge >= 0.3 is 0 Å². The molecule has 12 nitrogen and oxygen atoms in total. The maximum atomic E-state index is 13.1. The van der Waals surface area contributed by atoms with E-state index in [1.807, 2.05) is 6.07 Å². The summed E-state index contributed by atoms with van der Waals surface area (Å²) in [5, 5.41) is 21.7. The number of aromatic nitrogens is 4. The molecule has 5 rings (SSSR count). The zero-order valence-electron chi connectivity index (χ0n) is 21.0. The van der Waals surface area contributed by atoms with Crippen LogP contribution in [0.15, 0.2) is 57.3 Å². The maximum absolute atomic E-state index is 13.1. The molecule has 0 atom stereocenters. The van der Waals surface area contributed by atoms with Gasteiger partial charge in [0.05, 0.1) is 17.8 Å². The molecule has 1 N–H and O–H groups in total. The molecule has 0 radical (unpaired) electrons. The van der Waals surface area contributed by atoms with E-state index in [2.05, 4.69) is 19.9 Å². The third-order valence-corrected chi connectivity index (χ3v) is 9.55. The van der Waals surface area contributed by atoms with Crippen LogP contribution in [0.25, 0.3) is 10.9 Å². The molecule has 0 spiro atoms. The van der Waals surface area contributed by atoms with Crippen LogP contribution >= 0.6 is 11.3 Å². The second-order valence-corrected chi connectivity index (χ2v) is 12.1. The van der Waals surface area contributed by atoms with Crippen molar-refractivity contribution in [1.82, 2.24) is 24.6 Å². The number of sulfonamides is 1. The van der Waals surface area contributed by atoms with Gasteiger partial charge in [-0.1, -0.05) is 12.1 Å². The van der Waals surface area contributed by atoms with Gasteiger partial charge in [-0.25, -0.2) is 8.42 Å². The number of rotatable bonds is 8. The van der Waals surface area contributed by atoms with E-state index >= 15 is 0 Å². The van der Waals surface area contributed by atoms with E-state index in [0.29, 0.717) is 28.6 Å². The van der Waals surface area contributed by atoms with Crippen molar-refractivity contribution in [3.05, 3.63) is 80.0 Å². The van der Waals surface area contributed by atoms with E-state index in [9.17, 15) is 18.0 Å². The van der Waals surface area contributed by atoms with Crippen LogP contribution in [-0.2, 0) is 30.7 Å². The number of nitrogens with zero attached hydrogens (tertiary/aromatic N) is 6. The average Bonchev–Trinajstić information content (AvgIpc) is 3.64. The lowest BCUT2D eigenvalue weighted by Crippen LogP contribution is -2.33. The number of carbonyl (C=O) groups is 1. The van der Waals surface area contributed by atoms with E-state index < -0.39 is 26.2 Å². The first-order chi connectivity index (χ1) is 18.6. The number of amides is 1. The molecule has 0 bridgehead atoms. The first-order valence-corrected chi connectivity index (χ1v) is 14.1. The quantitative estimate of drug-likeness (QED) is 0.335. The van der Waals surface area contributed by atoms with Crippen molar-refractivity contribution >= 4 is 38.2 Å². The third-order valence-electron chi connectivity index (χ3n) is 6.56. The number of nitrogens with one attached hydrogen (secondary N) is 1. The summed E-state index contributed by atoms with van der Waals surface area (Å²) in [7, 11) is -0.688. The van der Waals surface area contributed by atoms with Crippen LogP contribution in [0, 0.1) is 11.3 Å². The van der Waals surface area contributed by atoms with Crippen molar-refractivity contribution in [2.45, 2.75) is 24.1 Å². The number of nitriles is 1. The molecule has 3 heterocycles. The largest absolute Gasteiger partial charge is 0.473 e. The van der Waals surface area contributed by atoms with Crippen LogP contribution in [0.1, 0.15) is 34.3 Å². The van der Waals surface area contributed by atoms with E-state index in [1.54, 1.807) is 47.5 Å². The summed E-state index contributed by atoms with van der Waals surface area (Å²) >= 11 is 1.22. The Balaban J connectivity index is 1.38. The Morgan fingerprint density at radius 2 is 2.03 bits per heavy atom. The summed E-state index contributed by atoms with van der Waals surface area (Å²) in [6.07, 6.45) is 3.89. The highest BCUT2D eigenvalue weighted by atomic mass is 32.2. The zero-order chi connectivity index (χ0) is 27.8. The van der Waals surface area contributed by atoms with Crippen LogP contribution in [0.2, 0.25) is 0 Å². The smallest absolute Gasteiger partial charge is 0.264 e. The predicted octanol–water partition coefficient (Wildman–Crippen LogP) is 1.37. The van der Waals surface area contributed by atoms with Crippen LogP contribution in [0.5, 0.6) is 5.88 Å². The molecule has 39 heavy (non-hydrogen) atoms. The number of carbonyl (C=O) groups excluding carboxylic acids is 1. The van der Waals surface area contributed by atoms with Gasteiger partial charge < -0.3 is 19.2 Å². The van der Waals surface area contributed by atoms with Crippen molar-refractivity contribution < 1.29 is 17.9 Å². The van der Waals surface area contributed by atoms with E-state index in [1.165, 1.54) is 35.2 Å². The lowest BCUT2D eigenvalue weighted by atomic mass is 10.1. The van der Waals surface area contributed by atoms with Crippen molar-refractivity contribution in [2.24, 2.45) is 18.5 Å². The van der Waals surface area contributed by atoms with Gasteiger partial charge in [-0.2, -0.15) is 10.4 Å². The van der Waals surface area contributed by atoms with E-state index in [4.69, 9.17) is 10.00 Å². The van der Waals surface area contributed by atoms with Gasteiger partial charge in [-0.3, -0.25) is 9.59 Å². The summed E-state index contributed by atoms with van der Waals surface area (Å²) in [6, 6.07) is 10.2. The summed E-state index contributed by atoms with van der Waals surface area (Å²) in [5.41, 5.74) is 0.885. The van der Waals surface area contributed by atoms with Crippen molar-refractivity contribution in [3.63, 3.8) is 0 Å². The number of benzene rings is 1. The standard InChI is InChI=1S/C25H23N7O5S2/c1-31-9-10-38-24(31)30-39(35,36)25(7-8-25)15-37-22-20-18(14-28-29-22)11-19(23(34)32(20)2)21(33)27-13-17-5-3-16(12-26)4-6-17/h3-6,9-11,14H,7-8,13,15H2,1-2H3,(H,27,33). The third kappa shape index (κ3) is 5.06. The number of hydrogen-bond acceptors (Lipinski definition) is 9. The molecule has 0 saturated heterocycles. The number of ether oxygens (including phenoxy) is 1. The molecule has 1 fully saturated rings. The molecule has 1 aliphatic carbocycles. The van der Waals surface area contributed by atoms with Crippen LogP contribution in [0.3, 0.4) is 0 Å². The van der Waals surface area contributed by atoms with E-state index in [-0.39, 0.29) is 30.1 Å². The molecule has 1 saturated carbocycles. The highest BCUT2D eigenvalue weighted by Crippen LogP contribution is 2.45. The van der Waals surface area contributed by atoms with Gasteiger partial charge in [0.25, 0.3) is 27.4 Å². The molecule has 1 amide bonds. The minimum Gasteiger partial charge on any atom is -0.473 e. The highest BCUT2D eigenvalue weighted by Gasteiger charge is 2.56. The fourth-order valence-electron chi connectivity index (χ4n) is 3.98. The molecule has 200 valence electrons. The second-order valence-electron chi connectivity index (χ2n) is 9.20. The Morgan fingerprint density at radius 3 is 2.67 bits per heavy atom. The summed E-state index contributed by atoms with van der Waals surface area (Å²) in [4.78, 5) is 26.3. The molecule has 0 unspecified atom stereocenters. The van der Waals surface area contributed by atoms with Gasteiger partial charge in [-0.15, -0.1) is 20.8 Å². The fourth-order valence-corrected chi connectivity index (χ4v) is 6.40. The average molecular weight is 566 g/mol. The highest BCUT2D eigenvalue weighted by molar-refractivity contribution is 7.91. The molecule has 0 aliphatic heterocycles. The Hall–Kier alpha value is -4.35. The van der Waals surface area contributed by atoms with Gasteiger partial charge in [0, 0.05) is 37.6 Å². The van der Waals surface area contributed by atoms with Gasteiger partial charge in [0.2, 0.25) is 4.80 Å². The molecule has 3 aromatic heterocycles. The van der Waals surface area contributed by atoms with Crippen molar-refractivity contribution in [1.29, 1.82) is 5.26 Å². The number of thiazole rings is 1. The Labute approximate surface area is 226 Å². The number of pyridine rings is 1. The van der Waals surface area contributed by atoms with Crippen LogP contribution in [-0.4, -0.2) is 45.0 Å². The zero-order valence-corrected chi connectivity index (χ0v) is 22.6. The Morgan fingerprint density at radius 1 is 1.28 bits per heavy atom. The minimum absolute atomic E-state index is 0.0141. The number of aryl methyl sites for hydroxylation is 2. The minimum atomic E-state index is -3.88. The lowest BCUT2D eigenvalue weighted by molar-refractivity contribution is 0.0949. The lowest BCUT2D eigenvalue weighted by Gasteiger charge is -2.16. The molecule has 1 aromatic carbocycles. The summed E-state index contributed by atoms with van der Waals surface area (Å²) < 4.78 is 37.6. The molecular weight excluding hydrogens is 542 g/mol. The predicted molar refractivity (Wildman–Crippen MR) is 142 cm³/mol. The SMILES string of the molecule is Cn1ccsc1=NS(=O)(=O)C1(COc2nncc3cc(C(=O)NCc4ccc(C#N)cc4)c(=O)n(C)c23)CC1. The first kappa shape index (κ1) is 26.3. The summed E-state index contributed by atoms with van der Waals surface area (Å²) in [6.45, 7) is -0.0391. The molecule has 1 aliphatic rings. The van der Waals surface area contributed by atoms with E-state index in [0.717, 1.165) is 5.56 Å². The van der Waals surface area contributed by atoms with Gasteiger partial charge in [0.1, 0.15) is 22.4 Å². The number of fused-ring (bicyclic) bond motifs is 1. The Kier molecular flexibility index (Phi) is 6.79. The topological polar surface area (TPSA) is 161 Å². The Bertz CT molecular complexity index is 1860. The molecule has 4 aromatic rings. The molecule has 14 heteroatoms. The first-order valence-electron chi connectivity index (χ1n) is 11.8. The monoisotopic (exact) mass is 565 g/mol. The normalized spacial score (nSPS) is 14.6. The van der Waals surface area contributed by atoms with Crippen molar-refractivity contribution in [2.75, 3.05) is 6.61 Å². The van der Waals surface area contributed by atoms with Crippen LogP contribution in [0.4, 0.5) is 0 Å². The summed E-state index contributed by atoms with van der Waals surface area (Å²) in [5.74, 6) is -0.590. The maximum Gasteiger partial charge on any atom is 0.264 e. The fraction of sp³-hybridized carbons (Fsp3) is 0.280. The second kappa shape index (κ2) is 10.1. The molecular formula is C25H23N7O5S2. The number of hydrogen-bond donors (Lipinski definition) is 1. The van der Waals surface area contributed by atoms with Crippen molar-refractivity contribution in [3.8, 4) is 11.9 Å². The van der Waals surface area contributed by atoms with Crippen LogP contribution < -0.4 is 20.4 Å². The van der Waals surface area contributed by atoms with Gasteiger partial charge in [0.15, 0.2) is 0 Å².